The Morgan fingerprint density at radius 3 is 2.30 bits per heavy atom. The molecule has 21 nitrogen and oxygen atoms in total. The van der Waals surface area contributed by atoms with Crippen molar-refractivity contribution in [3.63, 3.8) is 0 Å². The number of nitrogens with one attached hydrogen (secondary N) is 6. The van der Waals surface area contributed by atoms with Gasteiger partial charge in [0.25, 0.3) is 5.56 Å². The number of aryl methyl sites for hydroxylation is 1. The van der Waals surface area contributed by atoms with Crippen LogP contribution in [0.2, 0.25) is 0 Å². The molecule has 83 heavy (non-hydrogen) atoms. The third kappa shape index (κ3) is 11.9. The number of aliphatic hydroxyl groups is 1. The molecule has 0 unspecified atom stereocenters. The number of benzene rings is 4. The number of esters is 1. The highest BCUT2D eigenvalue weighted by atomic mass is 19.1. The number of fused-ring (bicyclic) bond motifs is 7. The zero-order valence-corrected chi connectivity index (χ0v) is 45.4. The van der Waals surface area contributed by atoms with Gasteiger partial charge in [0, 0.05) is 53.0 Å². The second kappa shape index (κ2) is 24.2. The largest absolute Gasteiger partial charge is 0.458 e. The summed E-state index contributed by atoms with van der Waals surface area (Å²) in [6.07, 6.45) is 0.374. The van der Waals surface area contributed by atoms with Crippen LogP contribution in [-0.2, 0) is 86.0 Å². The average molecular weight is 1130 g/mol. The molecule has 1 aliphatic carbocycles. The SMILES string of the molecule is CC[C@@]1(O)C(=O)OCc2c1cc1n(c2=O)Cc2c-1nc1cc(F)c(C)c3c1c2[C@@H](NC(=O)COCNC(=O)CNC(=O)[C@H](Cc1ccccc1)NC(=O)CNC(=O)CNC(=O)CCC(=O)N1Cc2ccccc2C#Cc2ccccc21)CC3. The monoisotopic (exact) mass is 1130 g/mol. The summed E-state index contributed by atoms with van der Waals surface area (Å²) < 4.78 is 27.6. The van der Waals surface area contributed by atoms with Crippen LogP contribution >= 0.6 is 0 Å². The van der Waals surface area contributed by atoms with Gasteiger partial charge in [-0.05, 0) is 78.3 Å². The first kappa shape index (κ1) is 56.7. The van der Waals surface area contributed by atoms with E-state index in [0.29, 0.717) is 68.6 Å². The van der Waals surface area contributed by atoms with Gasteiger partial charge in [-0.25, -0.2) is 14.2 Å². The number of anilines is 1. The molecular weight excluding hydrogens is 1070 g/mol. The van der Waals surface area contributed by atoms with E-state index in [1.807, 2.05) is 36.4 Å². The number of aromatic nitrogens is 2. The van der Waals surface area contributed by atoms with Crippen LogP contribution in [0.3, 0.4) is 0 Å². The fourth-order valence-corrected chi connectivity index (χ4v) is 10.9. The van der Waals surface area contributed by atoms with Crippen LogP contribution in [0, 0.1) is 24.6 Å². The van der Waals surface area contributed by atoms with Gasteiger partial charge in [-0.1, -0.05) is 79.4 Å². The fraction of sp³-hybridized carbons (Fsp3) is 0.311. The van der Waals surface area contributed by atoms with Crippen LogP contribution in [0.4, 0.5) is 10.1 Å². The standard InChI is InChI=1S/C61H58FN9O12/c1-3-61(81)42-24-48-57-40(30-71(48)59(79)41(42)31-83-60(61)80)56-44(20-19-39-34(2)43(62)25-45(69-57)55(39)56)67-53(76)32-82-33-66-51(74)27-65-58(78)46(23-35-11-5-4-6-12-35)68-52(75)28-64-50(73)26-63-49(72)21-22-54(77)70-29-38-15-8-7-13-36(38)17-18-37-14-9-10-16-47(37)70/h4-16,24-25,44,46,81H,3,19-23,26-33H2,1-2H3,(H,63,72)(H,64,73)(H,65,78)(H,66,74)(H,67,76)(H,68,75)/t44-,46-,61-/m0/s1. The molecule has 10 rings (SSSR count). The summed E-state index contributed by atoms with van der Waals surface area (Å²) in [6, 6.07) is 24.6. The van der Waals surface area contributed by atoms with Gasteiger partial charge < -0.3 is 55.9 Å². The van der Waals surface area contributed by atoms with Crippen LogP contribution in [0.25, 0.3) is 22.3 Å². The first-order valence-electron chi connectivity index (χ1n) is 27.1. The summed E-state index contributed by atoms with van der Waals surface area (Å²) >= 11 is 0. The van der Waals surface area contributed by atoms with E-state index in [9.17, 15) is 48.3 Å². The van der Waals surface area contributed by atoms with Crippen molar-refractivity contribution in [1.29, 1.82) is 0 Å². The summed E-state index contributed by atoms with van der Waals surface area (Å²) in [6.45, 7) is 0.754. The van der Waals surface area contributed by atoms with E-state index in [1.54, 1.807) is 67.3 Å². The molecule has 3 aliphatic heterocycles. The minimum absolute atomic E-state index is 0.0228. The molecule has 0 saturated heterocycles. The normalized spacial score (nSPS) is 16.3. The number of ether oxygens (including phenoxy) is 2. The van der Waals surface area contributed by atoms with Crippen molar-refractivity contribution in [2.24, 2.45) is 0 Å². The molecule has 0 spiro atoms. The lowest BCUT2D eigenvalue weighted by Crippen LogP contribution is -2.52. The quantitative estimate of drug-likeness (QED) is 0.0266. The van der Waals surface area contributed by atoms with Crippen molar-refractivity contribution in [2.45, 2.75) is 89.8 Å². The Morgan fingerprint density at radius 2 is 1.51 bits per heavy atom. The molecule has 0 saturated carbocycles. The van der Waals surface area contributed by atoms with Crippen LogP contribution in [0.1, 0.15) is 94.3 Å². The number of carbonyl (C=O) groups excluding carboxylic acids is 8. The van der Waals surface area contributed by atoms with Crippen molar-refractivity contribution < 1.29 is 57.3 Å². The van der Waals surface area contributed by atoms with Gasteiger partial charge in [0.2, 0.25) is 41.4 Å². The molecule has 7 amide bonds. The lowest BCUT2D eigenvalue weighted by atomic mass is 9.81. The molecule has 0 fully saturated rings. The van der Waals surface area contributed by atoms with E-state index in [2.05, 4.69) is 43.7 Å². The highest BCUT2D eigenvalue weighted by Crippen LogP contribution is 2.46. The Bertz CT molecular complexity index is 3800. The minimum atomic E-state index is -2.06. The number of rotatable bonds is 19. The van der Waals surface area contributed by atoms with Gasteiger partial charge >= 0.3 is 5.97 Å². The summed E-state index contributed by atoms with van der Waals surface area (Å²) in [5.41, 5.74) is 4.76. The summed E-state index contributed by atoms with van der Waals surface area (Å²) in [5.74, 6) is 0.697. The minimum Gasteiger partial charge on any atom is -0.458 e. The van der Waals surface area contributed by atoms with Crippen LogP contribution in [0.5, 0.6) is 0 Å². The fourth-order valence-electron chi connectivity index (χ4n) is 10.9. The van der Waals surface area contributed by atoms with Crippen molar-refractivity contribution in [3.8, 4) is 23.2 Å². The van der Waals surface area contributed by atoms with E-state index in [4.69, 9.17) is 14.5 Å². The number of hydrogen-bond donors (Lipinski definition) is 7. The highest BCUT2D eigenvalue weighted by molar-refractivity contribution is 5.98. The number of carbonyl (C=O) groups is 8. The lowest BCUT2D eigenvalue weighted by molar-refractivity contribution is -0.172. The van der Waals surface area contributed by atoms with Gasteiger partial charge in [0.05, 0.1) is 66.9 Å². The van der Waals surface area contributed by atoms with Crippen molar-refractivity contribution in [1.82, 2.24) is 41.5 Å². The first-order chi connectivity index (χ1) is 40.0. The van der Waals surface area contributed by atoms with Gasteiger partial charge in [-0.2, -0.15) is 0 Å². The average Bonchev–Trinajstić information content (AvgIpc) is 1.76. The number of pyridine rings is 2. The smallest absolute Gasteiger partial charge is 0.343 e. The summed E-state index contributed by atoms with van der Waals surface area (Å²) in [4.78, 5) is 125. The molecule has 4 aliphatic rings. The number of nitrogens with zero attached hydrogens (tertiary/aromatic N) is 3. The Labute approximate surface area is 474 Å². The van der Waals surface area contributed by atoms with E-state index in [0.717, 1.165) is 16.7 Å². The van der Waals surface area contributed by atoms with Crippen LogP contribution in [-0.4, -0.2) is 101 Å². The molecule has 5 heterocycles. The van der Waals surface area contributed by atoms with Gasteiger partial charge in [-0.3, -0.25) is 38.4 Å². The number of hydrogen-bond acceptors (Lipinski definition) is 13. The van der Waals surface area contributed by atoms with Crippen molar-refractivity contribution in [3.05, 3.63) is 163 Å². The Hall–Kier alpha value is -9.59. The number of amides is 7. The molecule has 426 valence electrons. The maximum Gasteiger partial charge on any atom is 0.343 e. The molecule has 0 bridgehead atoms. The van der Waals surface area contributed by atoms with E-state index in [1.165, 1.54) is 10.6 Å². The predicted molar refractivity (Wildman–Crippen MR) is 298 cm³/mol. The second-order valence-electron chi connectivity index (χ2n) is 20.5. The Balaban J connectivity index is 0.689. The maximum absolute atomic E-state index is 15.4. The first-order valence-corrected chi connectivity index (χ1v) is 27.1. The van der Waals surface area contributed by atoms with E-state index < -0.39 is 103 Å². The molecular formula is C61H58FN9O12. The zero-order chi connectivity index (χ0) is 58.5. The second-order valence-corrected chi connectivity index (χ2v) is 20.5. The molecule has 2 aromatic heterocycles. The molecule has 22 heteroatoms. The molecule has 6 aromatic rings. The molecule has 7 N–H and O–H groups in total. The molecule has 4 aromatic carbocycles. The van der Waals surface area contributed by atoms with E-state index in [-0.39, 0.29) is 62.4 Å². The van der Waals surface area contributed by atoms with Gasteiger partial charge in [-0.15, -0.1) is 0 Å². The summed E-state index contributed by atoms with van der Waals surface area (Å²) in [7, 11) is 0. The highest BCUT2D eigenvalue weighted by Gasteiger charge is 2.46. The van der Waals surface area contributed by atoms with Gasteiger partial charge in [0.15, 0.2) is 5.60 Å². The van der Waals surface area contributed by atoms with Crippen molar-refractivity contribution in [2.75, 3.05) is 37.9 Å². The van der Waals surface area contributed by atoms with Crippen molar-refractivity contribution >= 4 is 63.9 Å². The van der Waals surface area contributed by atoms with Crippen LogP contribution in [0.15, 0.2) is 95.8 Å². The maximum atomic E-state index is 15.4. The zero-order valence-electron chi connectivity index (χ0n) is 45.4. The Kier molecular flexibility index (Phi) is 16.6. The third-order valence-corrected chi connectivity index (χ3v) is 15.3. The summed E-state index contributed by atoms with van der Waals surface area (Å²) in [5, 5.41) is 27.5. The lowest BCUT2D eigenvalue weighted by Gasteiger charge is -2.31. The topological polar surface area (TPSA) is 286 Å². The molecule has 3 atom stereocenters. The predicted octanol–water partition coefficient (Wildman–Crippen LogP) is 2.52. The van der Waals surface area contributed by atoms with Crippen LogP contribution < -0.4 is 42.4 Å². The van der Waals surface area contributed by atoms with E-state index >= 15 is 4.39 Å². The number of cyclic esters (lactones) is 1. The Morgan fingerprint density at radius 1 is 0.807 bits per heavy atom. The third-order valence-electron chi connectivity index (χ3n) is 15.3. The van der Waals surface area contributed by atoms with Gasteiger partial charge in [0.1, 0.15) is 31.8 Å². The number of halogens is 1. The molecule has 0 radical (unpaired) electrons. The number of para-hydroxylation sites is 1.